The molecule has 0 atom stereocenters. The number of carbonyl (C=O) groups is 1. The molecule has 0 saturated carbocycles. The second-order valence-electron chi connectivity index (χ2n) is 5.19. The maximum absolute atomic E-state index is 12.5. The van der Waals surface area contributed by atoms with Crippen LogP contribution in [-0.4, -0.2) is 38.1 Å². The van der Waals surface area contributed by atoms with Crippen molar-refractivity contribution in [2.45, 2.75) is 20.4 Å². The maximum atomic E-state index is 12.5. The van der Waals surface area contributed by atoms with E-state index in [4.69, 9.17) is 0 Å². The SMILES string of the molecule is Cc1cc(C(=O)N(C)Cc2ccc3nonc3c2)nc(C)n1. The zero-order valence-electron chi connectivity index (χ0n) is 12.6. The van der Waals surface area contributed by atoms with Gasteiger partial charge in [-0.1, -0.05) is 6.07 Å². The van der Waals surface area contributed by atoms with E-state index in [0.29, 0.717) is 29.1 Å². The van der Waals surface area contributed by atoms with Crippen molar-refractivity contribution in [2.75, 3.05) is 7.05 Å². The van der Waals surface area contributed by atoms with E-state index in [-0.39, 0.29) is 5.91 Å². The number of benzene rings is 1. The van der Waals surface area contributed by atoms with E-state index in [1.165, 1.54) is 0 Å². The molecule has 0 spiro atoms. The molecular weight excluding hydrogens is 282 g/mol. The summed E-state index contributed by atoms with van der Waals surface area (Å²) in [4.78, 5) is 22.4. The fourth-order valence-electron chi connectivity index (χ4n) is 2.29. The molecule has 0 N–H and O–H groups in total. The van der Waals surface area contributed by atoms with Crippen LogP contribution >= 0.6 is 0 Å². The summed E-state index contributed by atoms with van der Waals surface area (Å²) in [5.74, 6) is 0.443. The molecule has 3 rings (SSSR count). The highest BCUT2D eigenvalue weighted by Gasteiger charge is 2.15. The number of hydrogen-bond acceptors (Lipinski definition) is 6. The lowest BCUT2D eigenvalue weighted by Gasteiger charge is -2.17. The number of carbonyl (C=O) groups excluding carboxylic acids is 1. The number of aromatic nitrogens is 4. The van der Waals surface area contributed by atoms with Crippen molar-refractivity contribution in [1.82, 2.24) is 25.2 Å². The molecule has 0 bridgehead atoms. The van der Waals surface area contributed by atoms with Gasteiger partial charge in [0.15, 0.2) is 0 Å². The molecule has 22 heavy (non-hydrogen) atoms. The Morgan fingerprint density at radius 2 is 1.91 bits per heavy atom. The molecule has 3 aromatic rings. The van der Waals surface area contributed by atoms with Crippen LogP contribution in [0, 0.1) is 13.8 Å². The highest BCUT2D eigenvalue weighted by atomic mass is 16.6. The third-order valence-corrected chi connectivity index (χ3v) is 3.27. The zero-order chi connectivity index (χ0) is 15.7. The van der Waals surface area contributed by atoms with Gasteiger partial charge in [0.2, 0.25) is 0 Å². The van der Waals surface area contributed by atoms with E-state index in [9.17, 15) is 4.79 Å². The van der Waals surface area contributed by atoms with Gasteiger partial charge in [0.05, 0.1) is 0 Å². The molecule has 0 fully saturated rings. The molecule has 7 nitrogen and oxygen atoms in total. The third-order valence-electron chi connectivity index (χ3n) is 3.27. The van der Waals surface area contributed by atoms with Crippen molar-refractivity contribution in [3.63, 3.8) is 0 Å². The minimum absolute atomic E-state index is 0.146. The van der Waals surface area contributed by atoms with Crippen LogP contribution in [0.3, 0.4) is 0 Å². The minimum atomic E-state index is -0.146. The summed E-state index contributed by atoms with van der Waals surface area (Å²) in [7, 11) is 1.74. The van der Waals surface area contributed by atoms with Gasteiger partial charge in [0.25, 0.3) is 5.91 Å². The number of rotatable bonds is 3. The predicted molar refractivity (Wildman–Crippen MR) is 79.1 cm³/mol. The zero-order valence-corrected chi connectivity index (χ0v) is 12.6. The first-order valence-corrected chi connectivity index (χ1v) is 6.82. The van der Waals surface area contributed by atoms with Crippen molar-refractivity contribution in [3.05, 3.63) is 47.0 Å². The molecule has 0 aliphatic rings. The molecule has 7 heteroatoms. The summed E-state index contributed by atoms with van der Waals surface area (Å²) in [5, 5.41) is 7.56. The number of aryl methyl sites for hydroxylation is 2. The predicted octanol–water partition coefficient (Wildman–Crippen LogP) is 1.90. The number of fused-ring (bicyclic) bond motifs is 1. The van der Waals surface area contributed by atoms with E-state index >= 15 is 0 Å². The highest BCUT2D eigenvalue weighted by Crippen LogP contribution is 2.14. The first-order valence-electron chi connectivity index (χ1n) is 6.82. The summed E-state index contributed by atoms with van der Waals surface area (Å²) >= 11 is 0. The van der Waals surface area contributed by atoms with E-state index in [1.54, 1.807) is 24.9 Å². The number of amides is 1. The summed E-state index contributed by atoms with van der Waals surface area (Å²) in [6.07, 6.45) is 0. The summed E-state index contributed by atoms with van der Waals surface area (Å²) in [5.41, 5.74) is 3.49. The van der Waals surface area contributed by atoms with Gasteiger partial charge in [-0.15, -0.1) is 0 Å². The van der Waals surface area contributed by atoms with Crippen LogP contribution in [0.2, 0.25) is 0 Å². The van der Waals surface area contributed by atoms with Crippen LogP contribution < -0.4 is 0 Å². The van der Waals surface area contributed by atoms with Crippen LogP contribution in [0.5, 0.6) is 0 Å². The van der Waals surface area contributed by atoms with Gasteiger partial charge in [-0.05, 0) is 47.9 Å². The Morgan fingerprint density at radius 3 is 2.68 bits per heavy atom. The number of hydrogen-bond donors (Lipinski definition) is 0. The fourth-order valence-corrected chi connectivity index (χ4v) is 2.29. The normalized spacial score (nSPS) is 10.9. The van der Waals surface area contributed by atoms with Crippen LogP contribution in [0.15, 0.2) is 28.9 Å². The Balaban J connectivity index is 1.80. The van der Waals surface area contributed by atoms with Crippen molar-refractivity contribution in [1.29, 1.82) is 0 Å². The second-order valence-corrected chi connectivity index (χ2v) is 5.19. The van der Waals surface area contributed by atoms with Crippen molar-refractivity contribution >= 4 is 16.9 Å². The molecule has 0 unspecified atom stereocenters. The molecule has 2 heterocycles. The Kier molecular flexibility index (Phi) is 3.54. The molecule has 0 radical (unpaired) electrons. The van der Waals surface area contributed by atoms with Gasteiger partial charge >= 0.3 is 0 Å². The van der Waals surface area contributed by atoms with Gasteiger partial charge in [-0.3, -0.25) is 4.79 Å². The molecular formula is C15H15N5O2. The lowest BCUT2D eigenvalue weighted by Crippen LogP contribution is -2.27. The molecule has 1 amide bonds. The Bertz CT molecular complexity index is 823. The Labute approximate surface area is 126 Å². The quantitative estimate of drug-likeness (QED) is 0.734. The second kappa shape index (κ2) is 5.51. The van der Waals surface area contributed by atoms with Crippen LogP contribution in [0.4, 0.5) is 0 Å². The monoisotopic (exact) mass is 297 g/mol. The summed E-state index contributed by atoms with van der Waals surface area (Å²) in [6, 6.07) is 7.26. The van der Waals surface area contributed by atoms with E-state index < -0.39 is 0 Å². The molecule has 2 aromatic heterocycles. The summed E-state index contributed by atoms with van der Waals surface area (Å²) in [6.45, 7) is 4.07. The van der Waals surface area contributed by atoms with Crippen molar-refractivity contribution in [2.24, 2.45) is 0 Å². The third kappa shape index (κ3) is 2.78. The molecule has 0 saturated heterocycles. The van der Waals surface area contributed by atoms with Gasteiger partial charge in [0.1, 0.15) is 22.6 Å². The van der Waals surface area contributed by atoms with Gasteiger partial charge < -0.3 is 4.90 Å². The van der Waals surface area contributed by atoms with Gasteiger partial charge in [-0.2, -0.15) is 0 Å². The Morgan fingerprint density at radius 1 is 1.14 bits per heavy atom. The van der Waals surface area contributed by atoms with Crippen molar-refractivity contribution < 1.29 is 9.42 Å². The molecule has 112 valence electrons. The lowest BCUT2D eigenvalue weighted by molar-refractivity contribution is 0.0778. The fraction of sp³-hybridized carbons (Fsp3) is 0.267. The highest BCUT2D eigenvalue weighted by molar-refractivity contribution is 5.92. The number of nitrogens with zero attached hydrogens (tertiary/aromatic N) is 5. The first-order chi connectivity index (χ1) is 10.5. The Hall–Kier alpha value is -2.83. The van der Waals surface area contributed by atoms with Crippen molar-refractivity contribution in [3.8, 4) is 0 Å². The van der Waals surface area contributed by atoms with Crippen LogP contribution in [0.25, 0.3) is 11.0 Å². The molecule has 1 aromatic carbocycles. The van der Waals surface area contributed by atoms with E-state index in [0.717, 1.165) is 11.3 Å². The topological polar surface area (TPSA) is 85.0 Å². The maximum Gasteiger partial charge on any atom is 0.272 e. The van der Waals surface area contributed by atoms with E-state index in [1.807, 2.05) is 25.1 Å². The smallest absolute Gasteiger partial charge is 0.272 e. The lowest BCUT2D eigenvalue weighted by atomic mass is 10.2. The summed E-state index contributed by atoms with van der Waals surface area (Å²) < 4.78 is 4.67. The molecule has 0 aliphatic heterocycles. The van der Waals surface area contributed by atoms with Crippen LogP contribution in [0.1, 0.15) is 27.6 Å². The van der Waals surface area contributed by atoms with E-state index in [2.05, 4.69) is 24.9 Å². The average Bonchev–Trinajstić information content (AvgIpc) is 2.93. The standard InChI is InChI=1S/C15H15N5O2/c1-9-6-14(17-10(2)16-9)15(21)20(3)8-11-4-5-12-13(7-11)19-22-18-12/h4-7H,8H2,1-3H3. The minimum Gasteiger partial charge on any atom is -0.336 e. The first kappa shape index (κ1) is 14.1. The molecule has 0 aliphatic carbocycles. The van der Waals surface area contributed by atoms with Crippen LogP contribution in [-0.2, 0) is 6.54 Å². The van der Waals surface area contributed by atoms with Gasteiger partial charge in [0, 0.05) is 19.3 Å². The van der Waals surface area contributed by atoms with Gasteiger partial charge in [-0.25, -0.2) is 14.6 Å². The largest absolute Gasteiger partial charge is 0.336 e. The average molecular weight is 297 g/mol.